The van der Waals surface area contributed by atoms with Crippen LogP contribution in [0, 0.1) is 12.1 Å². The highest BCUT2D eigenvalue weighted by Crippen LogP contribution is 2.61. The van der Waals surface area contributed by atoms with Gasteiger partial charge in [0.15, 0.2) is 0 Å². The van der Waals surface area contributed by atoms with Gasteiger partial charge in [-0.1, -0.05) is 82.3 Å². The van der Waals surface area contributed by atoms with Crippen LogP contribution in [0.4, 0.5) is 17.2 Å². The van der Waals surface area contributed by atoms with Gasteiger partial charge in [0.25, 0.3) is 0 Å². The lowest BCUT2D eigenvalue weighted by atomic mass is 9.66. The Labute approximate surface area is 223 Å². The van der Waals surface area contributed by atoms with Gasteiger partial charge >= 0.3 is 0 Å². The second kappa shape index (κ2) is 7.05. The van der Waals surface area contributed by atoms with E-state index >= 15 is 0 Å². The lowest BCUT2D eigenvalue weighted by Gasteiger charge is -2.49. The molecule has 0 bridgehead atoms. The van der Waals surface area contributed by atoms with Gasteiger partial charge in [-0.2, -0.15) is 0 Å². The van der Waals surface area contributed by atoms with Gasteiger partial charge in [0, 0.05) is 39.4 Å². The van der Waals surface area contributed by atoms with Crippen LogP contribution in [0.5, 0.6) is 0 Å². The minimum Gasteiger partial charge on any atom is -0.309 e. The van der Waals surface area contributed by atoms with E-state index in [0.29, 0.717) is 0 Å². The highest BCUT2D eigenvalue weighted by molar-refractivity contribution is 6.15. The first kappa shape index (κ1) is 21.5. The van der Waals surface area contributed by atoms with Crippen LogP contribution in [0.15, 0.2) is 91.1 Å². The fraction of sp³-hybridized carbons (Fsp3) is 0.171. The largest absolute Gasteiger partial charge is 0.309 e. The van der Waals surface area contributed by atoms with Crippen molar-refractivity contribution in [3.05, 3.63) is 126 Å². The van der Waals surface area contributed by atoms with Crippen molar-refractivity contribution < 1.29 is 0 Å². The molecule has 3 heteroatoms. The Morgan fingerprint density at radius 1 is 0.737 bits per heavy atom. The molecule has 0 fully saturated rings. The second-order valence-corrected chi connectivity index (χ2v) is 11.6. The van der Waals surface area contributed by atoms with Gasteiger partial charge in [0.2, 0.25) is 0 Å². The summed E-state index contributed by atoms with van der Waals surface area (Å²) < 4.78 is 2.40. The normalized spacial score (nSPS) is 16.1. The lowest BCUT2D eigenvalue weighted by Crippen LogP contribution is -2.38. The highest BCUT2D eigenvalue weighted by atomic mass is 15.2. The van der Waals surface area contributed by atoms with Crippen LogP contribution in [0.3, 0.4) is 0 Å². The molecule has 0 aliphatic carbocycles. The molecule has 38 heavy (non-hydrogen) atoms. The van der Waals surface area contributed by atoms with Crippen molar-refractivity contribution in [2.75, 3.05) is 4.90 Å². The maximum atomic E-state index is 5.00. The summed E-state index contributed by atoms with van der Waals surface area (Å²) >= 11 is 0. The molecular weight excluding hydrogens is 462 g/mol. The quantitative estimate of drug-likeness (QED) is 0.231. The van der Waals surface area contributed by atoms with E-state index in [1.807, 2.05) is 18.3 Å². The third kappa shape index (κ3) is 2.48. The van der Waals surface area contributed by atoms with Crippen molar-refractivity contribution in [1.29, 1.82) is 0 Å². The predicted octanol–water partition coefficient (Wildman–Crippen LogP) is 8.53. The fourth-order valence-electron chi connectivity index (χ4n) is 7.07. The third-order valence-corrected chi connectivity index (χ3v) is 8.85. The molecule has 3 nitrogen and oxygen atoms in total. The summed E-state index contributed by atoms with van der Waals surface area (Å²) in [4.78, 5) is 7.43. The summed E-state index contributed by atoms with van der Waals surface area (Å²) in [5.74, 6) is 1.03. The van der Waals surface area contributed by atoms with E-state index in [-0.39, 0.29) is 10.8 Å². The van der Waals surface area contributed by atoms with E-state index in [0.717, 1.165) is 11.5 Å². The summed E-state index contributed by atoms with van der Waals surface area (Å²) in [5, 5.41) is 2.58. The number of hydrogen-bond acceptors (Lipinski definition) is 2. The van der Waals surface area contributed by atoms with E-state index in [1.165, 1.54) is 55.4 Å². The van der Waals surface area contributed by atoms with Gasteiger partial charge in [0.05, 0.1) is 28.1 Å². The van der Waals surface area contributed by atoms with Crippen LogP contribution in [0.25, 0.3) is 27.5 Å². The zero-order chi connectivity index (χ0) is 25.8. The number of rotatable bonds is 1. The third-order valence-electron chi connectivity index (χ3n) is 8.85. The van der Waals surface area contributed by atoms with E-state index in [2.05, 4.69) is 122 Å². The van der Waals surface area contributed by atoms with E-state index < -0.39 is 0 Å². The molecule has 6 aromatic rings. The van der Waals surface area contributed by atoms with Crippen molar-refractivity contribution in [2.24, 2.45) is 0 Å². The number of anilines is 3. The van der Waals surface area contributed by atoms with Crippen molar-refractivity contribution in [1.82, 2.24) is 9.55 Å². The van der Waals surface area contributed by atoms with Gasteiger partial charge in [-0.05, 0) is 53.1 Å². The average Bonchev–Trinajstić information content (AvgIpc) is 3.27. The molecule has 2 aliphatic heterocycles. The number of fused-ring (bicyclic) bond motifs is 8. The molecule has 0 unspecified atom stereocenters. The number of benzene rings is 3. The summed E-state index contributed by atoms with van der Waals surface area (Å²) in [6.45, 7) is 9.46. The molecule has 0 saturated heterocycles. The molecule has 182 valence electrons. The zero-order valence-corrected chi connectivity index (χ0v) is 22.0. The Hall–Kier alpha value is -4.55. The fourth-order valence-corrected chi connectivity index (χ4v) is 7.07. The lowest BCUT2D eigenvalue weighted by molar-refractivity contribution is 0.599. The number of nitrogens with zero attached hydrogens (tertiary/aromatic N) is 3. The van der Waals surface area contributed by atoms with Crippen molar-refractivity contribution in [3.63, 3.8) is 0 Å². The molecule has 0 N–H and O–H groups in total. The van der Waals surface area contributed by atoms with Crippen LogP contribution >= 0.6 is 0 Å². The minimum atomic E-state index is -0.252. The van der Waals surface area contributed by atoms with Crippen LogP contribution in [-0.2, 0) is 10.8 Å². The highest BCUT2D eigenvalue weighted by Gasteiger charge is 2.47. The molecular formula is C35H27N3. The van der Waals surface area contributed by atoms with Gasteiger partial charge in [0.1, 0.15) is 5.82 Å². The van der Waals surface area contributed by atoms with E-state index in [9.17, 15) is 0 Å². The van der Waals surface area contributed by atoms with Crippen molar-refractivity contribution >= 4 is 39.0 Å². The van der Waals surface area contributed by atoms with Crippen LogP contribution < -0.4 is 4.90 Å². The van der Waals surface area contributed by atoms with Crippen LogP contribution in [-0.4, -0.2) is 9.55 Å². The first-order chi connectivity index (χ1) is 18.4. The SMILES string of the molecule is CC1(C)c2ccccc2N2c3ncccc3C(C)(C)c3c2c1cc1c3c2ccccc2n1-c1cc#ccc1. The summed E-state index contributed by atoms with van der Waals surface area (Å²) in [7, 11) is 0. The molecule has 8 rings (SSSR count). The van der Waals surface area contributed by atoms with E-state index in [1.54, 1.807) is 0 Å². The first-order valence-electron chi connectivity index (χ1n) is 13.2. The topological polar surface area (TPSA) is 21.1 Å². The van der Waals surface area contributed by atoms with E-state index in [4.69, 9.17) is 4.98 Å². The Bertz CT molecular complexity index is 1910. The maximum Gasteiger partial charge on any atom is 0.141 e. The minimum absolute atomic E-state index is 0.189. The Kier molecular flexibility index (Phi) is 4.00. The van der Waals surface area contributed by atoms with Crippen LogP contribution in [0.2, 0.25) is 0 Å². The number of hydrogen-bond donors (Lipinski definition) is 0. The number of pyridine rings is 1. The molecule has 0 amide bonds. The van der Waals surface area contributed by atoms with Gasteiger partial charge in [-0.25, -0.2) is 4.98 Å². The average molecular weight is 490 g/mol. The number of aromatic nitrogens is 2. The monoisotopic (exact) mass is 489 g/mol. The smallest absolute Gasteiger partial charge is 0.141 e. The van der Waals surface area contributed by atoms with Crippen molar-refractivity contribution in [2.45, 2.75) is 38.5 Å². The maximum absolute atomic E-state index is 5.00. The van der Waals surface area contributed by atoms with Crippen LogP contribution in [0.1, 0.15) is 49.9 Å². The van der Waals surface area contributed by atoms with Crippen molar-refractivity contribution in [3.8, 4) is 5.69 Å². The van der Waals surface area contributed by atoms with Gasteiger partial charge in [-0.15, -0.1) is 0 Å². The van der Waals surface area contributed by atoms with Gasteiger partial charge < -0.3 is 4.57 Å². The Morgan fingerprint density at radius 3 is 2.37 bits per heavy atom. The number of para-hydroxylation sites is 2. The predicted molar refractivity (Wildman–Crippen MR) is 155 cm³/mol. The molecule has 4 aromatic carbocycles. The zero-order valence-electron chi connectivity index (χ0n) is 22.0. The Morgan fingerprint density at radius 2 is 1.53 bits per heavy atom. The molecule has 0 radical (unpaired) electrons. The van der Waals surface area contributed by atoms with Gasteiger partial charge in [-0.3, -0.25) is 4.90 Å². The first-order valence-corrected chi connectivity index (χ1v) is 13.2. The summed E-state index contributed by atoms with van der Waals surface area (Å²) in [5.41, 5.74) is 10.9. The molecule has 0 saturated carbocycles. The standard InChI is InChI=1S/C35H27N3/c1-34(2)24-16-9-11-19-28(24)38-32-26(34)21-29-30(31(32)35(3,4)25-17-12-20-36-33(25)38)23-15-8-10-18-27(23)37(29)22-13-6-5-7-14-22/h6,8-21H,1-4H3. The second-order valence-electron chi connectivity index (χ2n) is 11.6. The summed E-state index contributed by atoms with van der Waals surface area (Å²) in [6.07, 6.45) is 1.93. The molecule has 0 spiro atoms. The molecule has 2 aromatic heterocycles. The summed E-state index contributed by atoms with van der Waals surface area (Å²) in [6, 6.07) is 36.8. The Balaban J connectivity index is 1.65. The molecule has 0 atom stereocenters. The molecule has 2 aliphatic rings. The molecule has 4 heterocycles.